The van der Waals surface area contributed by atoms with Crippen molar-refractivity contribution in [3.05, 3.63) is 48.5 Å². The van der Waals surface area contributed by atoms with Gasteiger partial charge >= 0.3 is 0 Å². The summed E-state index contributed by atoms with van der Waals surface area (Å²) in [5.74, 6) is 0.180. The maximum absolute atomic E-state index is 12.9. The molecule has 0 N–H and O–H groups in total. The number of nitrogens with zero attached hydrogens (tertiary/aromatic N) is 2. The Bertz CT molecular complexity index is 780. The van der Waals surface area contributed by atoms with Gasteiger partial charge in [0.2, 0.25) is 5.91 Å². The summed E-state index contributed by atoms with van der Waals surface area (Å²) in [6.07, 6.45) is 3.71. The predicted octanol–water partition coefficient (Wildman–Crippen LogP) is 4.34. The van der Waals surface area contributed by atoms with Gasteiger partial charge < -0.3 is 0 Å². The van der Waals surface area contributed by atoms with E-state index in [1.54, 1.807) is 0 Å². The average molecular weight is 329 g/mol. The van der Waals surface area contributed by atoms with Crippen LogP contribution in [0.25, 0.3) is 21.8 Å². The van der Waals surface area contributed by atoms with Gasteiger partial charge in [-0.1, -0.05) is 42.8 Å². The van der Waals surface area contributed by atoms with Crippen LogP contribution in [0.4, 0.5) is 0 Å². The molecule has 1 saturated heterocycles. The number of benzene rings is 2. The summed E-state index contributed by atoms with van der Waals surface area (Å²) in [6.45, 7) is 2.61. The molecule has 0 bridgehead atoms. The molecule has 120 valence electrons. The van der Waals surface area contributed by atoms with E-state index in [2.05, 4.69) is 17.0 Å². The van der Waals surface area contributed by atoms with Gasteiger partial charge in [-0.3, -0.25) is 14.3 Å². The lowest BCUT2D eigenvalue weighted by Gasteiger charge is -2.25. The summed E-state index contributed by atoms with van der Waals surface area (Å²) >= 11 is 0. The van der Waals surface area contributed by atoms with E-state index in [4.69, 9.17) is 0 Å². The number of likely N-dealkylation sites (tertiary alicyclic amines) is 1. The Labute approximate surface area is 142 Å². The average Bonchev–Trinajstić information content (AvgIpc) is 2.90. The summed E-state index contributed by atoms with van der Waals surface area (Å²) in [6, 6.07) is 16.4. The number of hydrogen-bond donors (Lipinski definition) is 0. The van der Waals surface area contributed by atoms with Gasteiger partial charge in [-0.05, 0) is 38.1 Å². The molecule has 4 heteroatoms. The number of fused-ring (bicyclic) bond motifs is 3. The molecule has 0 radical (unpaired) electrons. The topological polar surface area (TPSA) is 25.2 Å². The summed E-state index contributed by atoms with van der Waals surface area (Å²) in [5.41, 5.74) is 2.04. The Hall–Kier alpha value is -1.84. The predicted molar refractivity (Wildman–Crippen MR) is 97.6 cm³/mol. The van der Waals surface area contributed by atoms with Crippen molar-refractivity contribution in [1.82, 2.24) is 9.47 Å². The Morgan fingerprint density at radius 2 is 1.35 bits per heavy atom. The lowest BCUT2D eigenvalue weighted by atomic mass is 10.1. The second-order valence-electron chi connectivity index (χ2n) is 6.10. The third-order valence-electron chi connectivity index (χ3n) is 4.64. The molecular formula is C19H21ClN2O. The minimum atomic E-state index is 0. The Kier molecular flexibility index (Phi) is 4.69. The zero-order valence-corrected chi connectivity index (χ0v) is 13.9. The number of piperidine rings is 1. The van der Waals surface area contributed by atoms with Crippen molar-refractivity contribution in [2.45, 2.75) is 19.3 Å². The van der Waals surface area contributed by atoms with Gasteiger partial charge in [-0.15, -0.1) is 12.4 Å². The van der Waals surface area contributed by atoms with Gasteiger partial charge in [0, 0.05) is 10.8 Å². The van der Waals surface area contributed by atoms with Crippen LogP contribution >= 0.6 is 12.4 Å². The second-order valence-corrected chi connectivity index (χ2v) is 6.10. The van der Waals surface area contributed by atoms with Crippen LogP contribution in [-0.2, 0) is 0 Å². The first-order valence-electron chi connectivity index (χ1n) is 8.08. The van der Waals surface area contributed by atoms with Crippen LogP contribution in [0, 0.1) is 0 Å². The molecule has 0 spiro atoms. The molecule has 1 aliphatic heterocycles. The quantitative estimate of drug-likeness (QED) is 0.699. The lowest BCUT2D eigenvalue weighted by molar-refractivity contribution is 0.0843. The summed E-state index contributed by atoms with van der Waals surface area (Å²) in [7, 11) is 0. The fourth-order valence-electron chi connectivity index (χ4n) is 3.57. The molecular weight excluding hydrogens is 308 g/mol. The molecule has 0 atom stereocenters. The number of carbonyl (C=O) groups is 1. The van der Waals surface area contributed by atoms with Crippen LogP contribution in [0.15, 0.2) is 48.5 Å². The first kappa shape index (κ1) is 16.0. The van der Waals surface area contributed by atoms with Gasteiger partial charge in [0.25, 0.3) is 0 Å². The minimum absolute atomic E-state index is 0. The number of rotatable bonds is 2. The fraction of sp³-hybridized carbons (Fsp3) is 0.316. The minimum Gasteiger partial charge on any atom is -0.294 e. The van der Waals surface area contributed by atoms with Crippen molar-refractivity contribution in [1.29, 1.82) is 0 Å². The van der Waals surface area contributed by atoms with Crippen LogP contribution in [0.1, 0.15) is 24.1 Å². The molecule has 1 aliphatic rings. The van der Waals surface area contributed by atoms with Crippen molar-refractivity contribution in [3.63, 3.8) is 0 Å². The molecule has 3 nitrogen and oxygen atoms in total. The second kappa shape index (κ2) is 6.73. The molecule has 0 aliphatic carbocycles. The van der Waals surface area contributed by atoms with Gasteiger partial charge in [-0.2, -0.15) is 0 Å². The standard InChI is InChI=1S/C19H20N2O.ClH/c22-19(14-20-12-6-1-7-13-20)21-17-10-4-2-8-15(17)16-9-3-5-11-18(16)21;/h2-5,8-11H,1,6-7,12-14H2;1H. The van der Waals surface area contributed by atoms with E-state index in [0.29, 0.717) is 6.54 Å². The number of hydrogen-bond acceptors (Lipinski definition) is 2. The largest absolute Gasteiger partial charge is 0.294 e. The molecule has 2 aromatic carbocycles. The number of para-hydroxylation sites is 2. The highest BCUT2D eigenvalue weighted by atomic mass is 35.5. The molecule has 0 unspecified atom stereocenters. The molecule has 0 saturated carbocycles. The van der Waals surface area contributed by atoms with Crippen molar-refractivity contribution >= 4 is 40.1 Å². The van der Waals surface area contributed by atoms with Crippen LogP contribution < -0.4 is 0 Å². The van der Waals surface area contributed by atoms with Crippen molar-refractivity contribution in [2.75, 3.05) is 19.6 Å². The maximum atomic E-state index is 12.9. The van der Waals surface area contributed by atoms with E-state index in [1.165, 1.54) is 19.3 Å². The number of carbonyl (C=O) groups excluding carboxylic acids is 1. The monoisotopic (exact) mass is 328 g/mol. The van der Waals surface area contributed by atoms with E-state index >= 15 is 0 Å². The Morgan fingerprint density at radius 3 is 1.91 bits per heavy atom. The Morgan fingerprint density at radius 1 is 0.826 bits per heavy atom. The summed E-state index contributed by atoms with van der Waals surface area (Å²) in [4.78, 5) is 15.2. The molecule has 3 aromatic rings. The molecule has 1 aromatic heterocycles. The van der Waals surface area contributed by atoms with E-state index in [1.807, 2.05) is 41.0 Å². The molecule has 4 rings (SSSR count). The van der Waals surface area contributed by atoms with Crippen LogP contribution in [0.5, 0.6) is 0 Å². The van der Waals surface area contributed by atoms with Crippen molar-refractivity contribution < 1.29 is 4.79 Å². The van der Waals surface area contributed by atoms with Gasteiger partial charge in [-0.25, -0.2) is 0 Å². The normalized spacial score (nSPS) is 15.7. The molecule has 0 amide bonds. The highest BCUT2D eigenvalue weighted by molar-refractivity contribution is 6.13. The fourth-order valence-corrected chi connectivity index (χ4v) is 3.57. The van der Waals surface area contributed by atoms with E-state index in [9.17, 15) is 4.79 Å². The highest BCUT2D eigenvalue weighted by Crippen LogP contribution is 2.28. The van der Waals surface area contributed by atoms with Gasteiger partial charge in [0.15, 0.2) is 0 Å². The smallest absolute Gasteiger partial charge is 0.245 e. The first-order valence-corrected chi connectivity index (χ1v) is 8.08. The van der Waals surface area contributed by atoms with Crippen LogP contribution in [0.2, 0.25) is 0 Å². The van der Waals surface area contributed by atoms with Gasteiger partial charge in [0.05, 0.1) is 17.6 Å². The van der Waals surface area contributed by atoms with Crippen LogP contribution in [-0.4, -0.2) is 35.0 Å². The maximum Gasteiger partial charge on any atom is 0.245 e. The van der Waals surface area contributed by atoms with Crippen LogP contribution in [0.3, 0.4) is 0 Å². The third kappa shape index (κ3) is 2.87. The number of aromatic nitrogens is 1. The van der Waals surface area contributed by atoms with E-state index in [-0.39, 0.29) is 18.3 Å². The molecule has 1 fully saturated rings. The van der Waals surface area contributed by atoms with Crippen molar-refractivity contribution in [3.8, 4) is 0 Å². The SMILES string of the molecule is Cl.O=C(CN1CCCCC1)n1c2ccccc2c2ccccc21. The highest BCUT2D eigenvalue weighted by Gasteiger charge is 2.19. The number of halogens is 1. The van der Waals surface area contributed by atoms with E-state index < -0.39 is 0 Å². The summed E-state index contributed by atoms with van der Waals surface area (Å²) in [5, 5.41) is 2.31. The molecule has 2 heterocycles. The Balaban J connectivity index is 0.00000156. The zero-order valence-electron chi connectivity index (χ0n) is 13.1. The summed E-state index contributed by atoms with van der Waals surface area (Å²) < 4.78 is 1.90. The lowest BCUT2D eigenvalue weighted by Crippen LogP contribution is -2.36. The zero-order chi connectivity index (χ0) is 14.9. The first-order chi connectivity index (χ1) is 10.8. The molecule has 23 heavy (non-hydrogen) atoms. The van der Waals surface area contributed by atoms with Gasteiger partial charge in [0.1, 0.15) is 0 Å². The van der Waals surface area contributed by atoms with Crippen molar-refractivity contribution in [2.24, 2.45) is 0 Å². The van der Waals surface area contributed by atoms with E-state index in [0.717, 1.165) is 34.9 Å². The third-order valence-corrected chi connectivity index (χ3v) is 4.64.